The predicted octanol–water partition coefficient (Wildman–Crippen LogP) is 3.36. The van der Waals surface area contributed by atoms with Gasteiger partial charge in [-0.05, 0) is 37.1 Å². The zero-order valence-electron chi connectivity index (χ0n) is 17.0. The van der Waals surface area contributed by atoms with Crippen LogP contribution in [0.3, 0.4) is 0 Å². The van der Waals surface area contributed by atoms with E-state index in [2.05, 4.69) is 14.5 Å². The summed E-state index contributed by atoms with van der Waals surface area (Å²) in [4.78, 5) is 9.06. The molecule has 0 aliphatic rings. The summed E-state index contributed by atoms with van der Waals surface area (Å²) in [5, 5.41) is 9.93. The van der Waals surface area contributed by atoms with Gasteiger partial charge in [-0.15, -0.1) is 0 Å². The Kier molecular flexibility index (Phi) is 6.11. The average Bonchev–Trinajstić information content (AvgIpc) is 3.22. The highest BCUT2D eigenvalue weighted by Crippen LogP contribution is 2.30. The van der Waals surface area contributed by atoms with Crippen LogP contribution in [0.4, 0.5) is 5.82 Å². The van der Waals surface area contributed by atoms with E-state index in [1.165, 1.54) is 0 Å². The molecule has 0 spiro atoms. The summed E-state index contributed by atoms with van der Waals surface area (Å²) in [6.07, 6.45) is 2.60. The van der Waals surface area contributed by atoms with E-state index in [9.17, 15) is 0 Å². The number of pyridine rings is 1. The first kappa shape index (κ1) is 20.1. The van der Waals surface area contributed by atoms with Crippen LogP contribution in [0.5, 0.6) is 5.75 Å². The molecular formula is C23H26N4O3. The second kappa shape index (κ2) is 9.11. The molecule has 1 atom stereocenters. The van der Waals surface area contributed by atoms with Crippen molar-refractivity contribution in [1.29, 1.82) is 0 Å². The number of hydrogen-bond acceptors (Lipinski definition) is 6. The summed E-state index contributed by atoms with van der Waals surface area (Å²) < 4.78 is 13.4. The van der Waals surface area contributed by atoms with Crippen LogP contribution in [0.1, 0.15) is 18.5 Å². The number of aliphatic hydroxyl groups excluding tert-OH is 1. The number of ether oxygens (including phenoxy) is 2. The Morgan fingerprint density at radius 2 is 1.93 bits per heavy atom. The maximum Gasteiger partial charge on any atom is 0.152 e. The number of fused-ring (bicyclic) bond motifs is 3. The van der Waals surface area contributed by atoms with Crippen molar-refractivity contribution in [1.82, 2.24) is 14.5 Å². The van der Waals surface area contributed by atoms with Crippen LogP contribution in [0.2, 0.25) is 0 Å². The molecule has 0 saturated heterocycles. The maximum absolute atomic E-state index is 8.91. The fraction of sp³-hybridized carbons (Fsp3) is 0.304. The van der Waals surface area contributed by atoms with Crippen molar-refractivity contribution < 1.29 is 14.6 Å². The van der Waals surface area contributed by atoms with Crippen LogP contribution < -0.4 is 10.5 Å². The Morgan fingerprint density at radius 3 is 2.70 bits per heavy atom. The molecule has 0 aliphatic heterocycles. The van der Waals surface area contributed by atoms with Gasteiger partial charge < -0.3 is 24.9 Å². The highest BCUT2D eigenvalue weighted by Gasteiger charge is 2.19. The monoisotopic (exact) mass is 406 g/mol. The Morgan fingerprint density at radius 1 is 1.13 bits per heavy atom. The van der Waals surface area contributed by atoms with Gasteiger partial charge in [-0.25, -0.2) is 9.97 Å². The van der Waals surface area contributed by atoms with E-state index in [0.717, 1.165) is 34.2 Å². The molecule has 2 aromatic heterocycles. The van der Waals surface area contributed by atoms with Crippen LogP contribution >= 0.6 is 0 Å². The summed E-state index contributed by atoms with van der Waals surface area (Å²) in [6.45, 7) is 3.48. The fourth-order valence-electron chi connectivity index (χ4n) is 3.69. The number of aromatic nitrogens is 3. The number of hydrogen-bond donors (Lipinski definition) is 2. The number of nitrogens with zero attached hydrogens (tertiary/aromatic N) is 3. The van der Waals surface area contributed by atoms with Gasteiger partial charge in [0, 0.05) is 12.0 Å². The summed E-state index contributed by atoms with van der Waals surface area (Å²) in [7, 11) is 0. The third kappa shape index (κ3) is 4.08. The van der Waals surface area contributed by atoms with Gasteiger partial charge in [0.1, 0.15) is 17.9 Å². The molecule has 0 radical (unpaired) electrons. The Balaban J connectivity index is 1.71. The minimum absolute atomic E-state index is 0.00215. The number of rotatable bonds is 9. The van der Waals surface area contributed by atoms with Gasteiger partial charge in [0.25, 0.3) is 0 Å². The molecule has 0 saturated carbocycles. The molecule has 2 aromatic carbocycles. The molecule has 156 valence electrons. The van der Waals surface area contributed by atoms with Crippen LogP contribution in [0, 0.1) is 0 Å². The molecule has 7 heteroatoms. The van der Waals surface area contributed by atoms with Gasteiger partial charge in [-0.3, -0.25) is 0 Å². The van der Waals surface area contributed by atoms with Gasteiger partial charge in [0.2, 0.25) is 0 Å². The Labute approximate surface area is 175 Å². The molecule has 3 N–H and O–H groups in total. The third-order valence-corrected chi connectivity index (χ3v) is 5.10. The minimum atomic E-state index is -0.00215. The molecule has 0 fully saturated rings. The topological polar surface area (TPSA) is 95.4 Å². The second-order valence-electron chi connectivity index (χ2n) is 7.10. The zero-order chi connectivity index (χ0) is 20.9. The van der Waals surface area contributed by atoms with Crippen molar-refractivity contribution in [3.05, 3.63) is 60.4 Å². The molecule has 4 rings (SSSR count). The van der Waals surface area contributed by atoms with E-state index in [-0.39, 0.29) is 19.3 Å². The molecular weight excluding hydrogens is 380 g/mol. The number of nitrogen functional groups attached to an aromatic ring is 1. The van der Waals surface area contributed by atoms with E-state index >= 15 is 0 Å². The van der Waals surface area contributed by atoms with E-state index in [1.54, 1.807) is 0 Å². The van der Waals surface area contributed by atoms with Gasteiger partial charge in [0.05, 0.1) is 36.6 Å². The van der Waals surface area contributed by atoms with Gasteiger partial charge >= 0.3 is 0 Å². The molecule has 2 heterocycles. The largest absolute Gasteiger partial charge is 0.491 e. The highest BCUT2D eigenvalue weighted by atomic mass is 16.5. The lowest BCUT2D eigenvalue weighted by Gasteiger charge is -2.20. The van der Waals surface area contributed by atoms with Crippen LogP contribution in [-0.2, 0) is 11.2 Å². The van der Waals surface area contributed by atoms with E-state index in [1.807, 2.05) is 61.8 Å². The lowest BCUT2D eigenvalue weighted by Crippen LogP contribution is -2.18. The van der Waals surface area contributed by atoms with E-state index in [0.29, 0.717) is 24.5 Å². The molecule has 0 amide bonds. The van der Waals surface area contributed by atoms with E-state index in [4.69, 9.17) is 20.3 Å². The van der Waals surface area contributed by atoms with Crippen LogP contribution in [0.25, 0.3) is 21.9 Å². The van der Waals surface area contributed by atoms with Crippen molar-refractivity contribution in [2.24, 2.45) is 0 Å². The highest BCUT2D eigenvalue weighted by molar-refractivity contribution is 6.06. The fourth-order valence-corrected chi connectivity index (χ4v) is 3.69. The number of aliphatic hydroxyl groups is 1. The second-order valence-corrected chi connectivity index (χ2v) is 7.10. The first-order valence-corrected chi connectivity index (χ1v) is 10.1. The summed E-state index contributed by atoms with van der Waals surface area (Å²) in [5.74, 6) is 1.18. The molecule has 0 aliphatic carbocycles. The predicted molar refractivity (Wildman–Crippen MR) is 118 cm³/mol. The number of benzene rings is 2. The maximum atomic E-state index is 8.91. The average molecular weight is 406 g/mol. The standard InChI is InChI=1S/C23H26N4O3/c1-2-29-14-17(13-16-7-9-18(10-8-16)30-12-11-28)27-15-25-21-22(27)19-5-3-4-6-20(19)26-23(21)24/h3-10,15,17,28H,2,11-14H2,1H3,(H2,24,26). The number of para-hydroxylation sites is 1. The quantitative estimate of drug-likeness (QED) is 0.443. The van der Waals surface area contributed by atoms with E-state index < -0.39 is 0 Å². The zero-order valence-corrected chi connectivity index (χ0v) is 17.0. The van der Waals surface area contributed by atoms with Crippen LogP contribution in [0.15, 0.2) is 54.9 Å². The number of nitrogens with two attached hydrogens (primary N) is 1. The first-order chi connectivity index (χ1) is 14.7. The summed E-state index contributed by atoms with van der Waals surface area (Å²) in [5.41, 5.74) is 9.89. The van der Waals surface area contributed by atoms with Crippen molar-refractivity contribution >= 4 is 27.8 Å². The molecule has 7 nitrogen and oxygen atoms in total. The van der Waals surface area contributed by atoms with Gasteiger partial charge in [-0.1, -0.05) is 30.3 Å². The summed E-state index contributed by atoms with van der Waals surface area (Å²) >= 11 is 0. The molecule has 1 unspecified atom stereocenters. The SMILES string of the molecule is CCOCC(Cc1ccc(OCCO)cc1)n1cnc2c(N)nc3ccccc3c21. The van der Waals surface area contributed by atoms with Crippen LogP contribution in [-0.4, -0.2) is 46.1 Å². The Hall–Kier alpha value is -3.16. The molecule has 4 aromatic rings. The van der Waals surface area contributed by atoms with Crippen molar-refractivity contribution in [2.45, 2.75) is 19.4 Å². The van der Waals surface area contributed by atoms with Gasteiger partial charge in [-0.2, -0.15) is 0 Å². The van der Waals surface area contributed by atoms with Crippen molar-refractivity contribution in [3.8, 4) is 5.75 Å². The lowest BCUT2D eigenvalue weighted by atomic mass is 10.1. The third-order valence-electron chi connectivity index (χ3n) is 5.10. The Bertz CT molecular complexity index is 1120. The van der Waals surface area contributed by atoms with Gasteiger partial charge in [0.15, 0.2) is 5.82 Å². The lowest BCUT2D eigenvalue weighted by molar-refractivity contribution is 0.114. The smallest absolute Gasteiger partial charge is 0.152 e. The first-order valence-electron chi connectivity index (χ1n) is 10.1. The molecule has 30 heavy (non-hydrogen) atoms. The van der Waals surface area contributed by atoms with Crippen molar-refractivity contribution in [2.75, 3.05) is 32.2 Å². The summed E-state index contributed by atoms with van der Waals surface area (Å²) in [6, 6.07) is 15.9. The minimum Gasteiger partial charge on any atom is -0.491 e. The number of imidazole rings is 1. The molecule has 0 bridgehead atoms. The van der Waals surface area contributed by atoms with Crippen molar-refractivity contribution in [3.63, 3.8) is 0 Å². The normalized spacial score (nSPS) is 12.5. The number of anilines is 1.